The minimum atomic E-state index is -0.581. The summed E-state index contributed by atoms with van der Waals surface area (Å²) in [4.78, 5) is 4.21. The number of hydrogen-bond acceptors (Lipinski definition) is 6. The third-order valence-electron chi connectivity index (χ3n) is 2.96. The van der Waals surface area contributed by atoms with Crippen LogP contribution in [0.2, 0.25) is 0 Å². The first-order valence-corrected chi connectivity index (χ1v) is 6.33. The van der Waals surface area contributed by atoms with E-state index in [1.54, 1.807) is 0 Å². The van der Waals surface area contributed by atoms with E-state index in [0.29, 0.717) is 30.8 Å². The van der Waals surface area contributed by atoms with Crippen LogP contribution in [0.3, 0.4) is 0 Å². The van der Waals surface area contributed by atoms with Gasteiger partial charge in [0.15, 0.2) is 5.82 Å². The lowest BCUT2D eigenvalue weighted by Gasteiger charge is -2.21. The van der Waals surface area contributed by atoms with E-state index < -0.39 is 5.54 Å². The van der Waals surface area contributed by atoms with Gasteiger partial charge >= 0.3 is 0 Å². The van der Waals surface area contributed by atoms with Crippen LogP contribution in [0.15, 0.2) is 4.52 Å². The quantitative estimate of drug-likeness (QED) is 0.851. The van der Waals surface area contributed by atoms with E-state index >= 15 is 0 Å². The maximum absolute atomic E-state index is 5.88. The molecule has 0 radical (unpaired) electrons. The third-order valence-corrected chi connectivity index (χ3v) is 2.96. The fraction of sp³-hybridized carbons (Fsp3) is 0.833. The molecule has 0 unspecified atom stereocenters. The van der Waals surface area contributed by atoms with Gasteiger partial charge in [0.25, 0.3) is 5.89 Å². The van der Waals surface area contributed by atoms with E-state index in [2.05, 4.69) is 10.1 Å². The number of rotatable bonds is 5. The first kappa shape index (κ1) is 13.5. The molecule has 1 fully saturated rings. The first-order valence-electron chi connectivity index (χ1n) is 6.33. The zero-order valence-corrected chi connectivity index (χ0v) is 11.0. The van der Waals surface area contributed by atoms with E-state index in [9.17, 15) is 0 Å². The monoisotopic (exact) mass is 255 g/mol. The molecule has 2 heterocycles. The minimum Gasteiger partial charge on any atom is -0.381 e. The van der Waals surface area contributed by atoms with Crippen LogP contribution in [-0.4, -0.2) is 30.0 Å². The van der Waals surface area contributed by atoms with Crippen LogP contribution in [-0.2, 0) is 21.6 Å². The van der Waals surface area contributed by atoms with Gasteiger partial charge in [0.1, 0.15) is 6.61 Å². The molecule has 1 aromatic heterocycles. The van der Waals surface area contributed by atoms with Crippen LogP contribution in [0.5, 0.6) is 0 Å². The molecule has 6 heteroatoms. The number of ether oxygens (including phenoxy) is 2. The Labute approximate surface area is 107 Å². The number of nitrogens with zero attached hydrogens (tertiary/aromatic N) is 2. The van der Waals surface area contributed by atoms with Crippen molar-refractivity contribution in [3.63, 3.8) is 0 Å². The minimum absolute atomic E-state index is 0.348. The van der Waals surface area contributed by atoms with Crippen molar-refractivity contribution in [3.05, 3.63) is 11.7 Å². The van der Waals surface area contributed by atoms with Gasteiger partial charge in [0, 0.05) is 13.2 Å². The van der Waals surface area contributed by atoms with Crippen molar-refractivity contribution in [1.82, 2.24) is 10.1 Å². The molecule has 1 saturated heterocycles. The predicted octanol–water partition coefficient (Wildman–Crippen LogP) is 1.21. The van der Waals surface area contributed by atoms with Gasteiger partial charge < -0.3 is 19.7 Å². The lowest BCUT2D eigenvalue weighted by atomic mass is 10.0. The molecular formula is C12H21N3O3. The average Bonchev–Trinajstić information content (AvgIpc) is 2.79. The van der Waals surface area contributed by atoms with E-state index in [0.717, 1.165) is 26.1 Å². The molecule has 6 nitrogen and oxygen atoms in total. The Morgan fingerprint density at radius 1 is 1.39 bits per heavy atom. The smallest absolute Gasteiger partial charge is 0.252 e. The topological polar surface area (TPSA) is 83.4 Å². The van der Waals surface area contributed by atoms with Crippen molar-refractivity contribution < 1.29 is 14.0 Å². The van der Waals surface area contributed by atoms with Crippen LogP contribution >= 0.6 is 0 Å². The van der Waals surface area contributed by atoms with Crippen LogP contribution in [0, 0.1) is 5.92 Å². The fourth-order valence-corrected chi connectivity index (χ4v) is 1.80. The van der Waals surface area contributed by atoms with Gasteiger partial charge in [-0.3, -0.25) is 0 Å². The summed E-state index contributed by atoms with van der Waals surface area (Å²) in [5, 5.41) is 3.84. The third kappa shape index (κ3) is 3.76. The highest BCUT2D eigenvalue weighted by molar-refractivity contribution is 4.98. The number of hydrogen-bond donors (Lipinski definition) is 1. The molecule has 18 heavy (non-hydrogen) atoms. The summed E-state index contributed by atoms with van der Waals surface area (Å²) in [5.41, 5.74) is 5.30. The molecule has 1 aliphatic rings. The Morgan fingerprint density at radius 2 is 2.11 bits per heavy atom. The summed E-state index contributed by atoms with van der Waals surface area (Å²) in [7, 11) is 0. The molecule has 0 aliphatic carbocycles. The largest absolute Gasteiger partial charge is 0.381 e. The second-order valence-corrected chi connectivity index (χ2v) is 5.30. The van der Waals surface area contributed by atoms with E-state index in [-0.39, 0.29) is 0 Å². The highest BCUT2D eigenvalue weighted by Gasteiger charge is 2.21. The molecule has 0 aromatic carbocycles. The first-order chi connectivity index (χ1) is 8.55. The molecule has 0 amide bonds. The molecule has 1 aromatic rings. The van der Waals surface area contributed by atoms with Gasteiger partial charge in [0.05, 0.1) is 12.1 Å². The predicted molar refractivity (Wildman–Crippen MR) is 64.7 cm³/mol. The zero-order valence-electron chi connectivity index (χ0n) is 11.0. The molecule has 2 N–H and O–H groups in total. The second kappa shape index (κ2) is 5.77. The van der Waals surface area contributed by atoms with Gasteiger partial charge in [-0.05, 0) is 32.6 Å². The van der Waals surface area contributed by atoms with Gasteiger partial charge in [-0.1, -0.05) is 5.16 Å². The van der Waals surface area contributed by atoms with Gasteiger partial charge in [-0.15, -0.1) is 0 Å². The second-order valence-electron chi connectivity index (χ2n) is 5.30. The van der Waals surface area contributed by atoms with Crippen molar-refractivity contribution in [2.24, 2.45) is 11.7 Å². The van der Waals surface area contributed by atoms with E-state index in [4.69, 9.17) is 19.7 Å². The van der Waals surface area contributed by atoms with Crippen LogP contribution in [0.4, 0.5) is 0 Å². The summed E-state index contributed by atoms with van der Waals surface area (Å²) in [6, 6.07) is 0. The Kier molecular flexibility index (Phi) is 4.31. The molecule has 0 bridgehead atoms. The average molecular weight is 255 g/mol. The maximum atomic E-state index is 5.88. The summed E-state index contributed by atoms with van der Waals surface area (Å²) in [6.07, 6.45) is 2.12. The molecule has 1 aliphatic heterocycles. The van der Waals surface area contributed by atoms with Crippen molar-refractivity contribution in [1.29, 1.82) is 0 Å². The van der Waals surface area contributed by atoms with E-state index in [1.165, 1.54) is 0 Å². The van der Waals surface area contributed by atoms with Crippen molar-refractivity contribution >= 4 is 0 Å². The van der Waals surface area contributed by atoms with E-state index in [1.807, 2.05) is 13.8 Å². The molecule has 2 rings (SSSR count). The Bertz CT molecular complexity index is 367. The highest BCUT2D eigenvalue weighted by atomic mass is 16.5. The lowest BCUT2D eigenvalue weighted by molar-refractivity contribution is 0.00984. The number of nitrogens with two attached hydrogens (primary N) is 1. The SMILES string of the molecule is CC(C)(N)c1noc(COCC2CCOCC2)n1. The fourth-order valence-electron chi connectivity index (χ4n) is 1.80. The summed E-state index contributed by atoms with van der Waals surface area (Å²) < 4.78 is 16.0. The molecule has 0 saturated carbocycles. The van der Waals surface area contributed by atoms with Gasteiger partial charge in [-0.2, -0.15) is 4.98 Å². The molecular weight excluding hydrogens is 234 g/mol. The number of aromatic nitrogens is 2. The summed E-state index contributed by atoms with van der Waals surface area (Å²) >= 11 is 0. The molecule has 102 valence electrons. The van der Waals surface area contributed by atoms with Crippen LogP contribution < -0.4 is 5.73 Å². The molecule has 0 spiro atoms. The lowest BCUT2D eigenvalue weighted by Crippen LogP contribution is -2.30. The van der Waals surface area contributed by atoms with Gasteiger partial charge in [-0.25, -0.2) is 0 Å². The summed E-state index contributed by atoms with van der Waals surface area (Å²) in [5.74, 6) is 1.56. The Balaban J connectivity index is 1.74. The molecule has 0 atom stereocenters. The Morgan fingerprint density at radius 3 is 2.72 bits per heavy atom. The normalized spacial score (nSPS) is 18.2. The van der Waals surface area contributed by atoms with Crippen molar-refractivity contribution in [3.8, 4) is 0 Å². The zero-order chi connectivity index (χ0) is 13.0. The van der Waals surface area contributed by atoms with Crippen molar-refractivity contribution in [2.45, 2.75) is 38.8 Å². The Hall–Kier alpha value is -0.980. The van der Waals surface area contributed by atoms with Crippen molar-refractivity contribution in [2.75, 3.05) is 19.8 Å². The van der Waals surface area contributed by atoms with Crippen LogP contribution in [0.1, 0.15) is 38.4 Å². The van der Waals surface area contributed by atoms with Crippen LogP contribution in [0.25, 0.3) is 0 Å². The summed E-state index contributed by atoms with van der Waals surface area (Å²) in [6.45, 7) is 6.41. The highest BCUT2D eigenvalue weighted by Crippen LogP contribution is 2.16. The van der Waals surface area contributed by atoms with Gasteiger partial charge in [0.2, 0.25) is 0 Å². The standard InChI is InChI=1S/C12H21N3O3/c1-12(2,13)11-14-10(18-15-11)8-17-7-9-3-5-16-6-4-9/h9H,3-8,13H2,1-2H3. The maximum Gasteiger partial charge on any atom is 0.252 e.